The van der Waals surface area contributed by atoms with E-state index in [4.69, 9.17) is 0 Å². The zero-order valence-electron chi connectivity index (χ0n) is 13.9. The van der Waals surface area contributed by atoms with Gasteiger partial charge in [0.2, 0.25) is 0 Å². The lowest BCUT2D eigenvalue weighted by molar-refractivity contribution is 0.479. The summed E-state index contributed by atoms with van der Waals surface area (Å²) in [5.41, 5.74) is 3.69. The molecule has 0 bridgehead atoms. The first-order chi connectivity index (χ1) is 12.2. The molecule has 1 aromatic carbocycles. The molecular weight excluding hydrogens is 317 g/mol. The summed E-state index contributed by atoms with van der Waals surface area (Å²) < 4.78 is 15.6. The predicted molar refractivity (Wildman–Crippen MR) is 94.4 cm³/mol. The molecule has 0 fully saturated rings. The minimum absolute atomic E-state index is 0.255. The third kappa shape index (κ3) is 3.15. The molecule has 4 rings (SSSR count). The second kappa shape index (κ2) is 6.47. The van der Waals surface area contributed by atoms with Gasteiger partial charge in [-0.2, -0.15) is 0 Å². The lowest BCUT2D eigenvalue weighted by Crippen LogP contribution is -2.12. The Hall–Kier alpha value is -3.02. The summed E-state index contributed by atoms with van der Waals surface area (Å²) in [5, 5.41) is 0. The maximum absolute atomic E-state index is 13.5. The molecule has 1 N–H and O–H groups in total. The highest BCUT2D eigenvalue weighted by Crippen LogP contribution is 2.21. The van der Waals surface area contributed by atoms with Gasteiger partial charge in [0.15, 0.2) is 0 Å². The average molecular weight is 335 g/mol. The van der Waals surface area contributed by atoms with Crippen molar-refractivity contribution in [3.05, 3.63) is 66.8 Å². The van der Waals surface area contributed by atoms with Crippen LogP contribution >= 0.6 is 0 Å². The van der Waals surface area contributed by atoms with Crippen LogP contribution < -0.4 is 0 Å². The number of aromatic nitrogens is 5. The van der Waals surface area contributed by atoms with Gasteiger partial charge in [0, 0.05) is 30.7 Å². The number of pyridine rings is 1. The Morgan fingerprint density at radius 2 is 2.08 bits per heavy atom. The number of halogens is 1. The first kappa shape index (κ1) is 15.5. The van der Waals surface area contributed by atoms with E-state index < -0.39 is 0 Å². The predicted octanol–water partition coefficient (Wildman–Crippen LogP) is 3.84. The van der Waals surface area contributed by atoms with Crippen molar-refractivity contribution in [2.24, 2.45) is 5.92 Å². The number of rotatable bonds is 5. The van der Waals surface area contributed by atoms with E-state index in [1.807, 2.05) is 18.3 Å². The Morgan fingerprint density at radius 3 is 2.96 bits per heavy atom. The fourth-order valence-electron chi connectivity index (χ4n) is 3.15. The van der Waals surface area contributed by atoms with Crippen molar-refractivity contribution in [2.75, 3.05) is 0 Å². The first-order valence-electron chi connectivity index (χ1n) is 8.25. The van der Waals surface area contributed by atoms with Crippen molar-refractivity contribution in [1.82, 2.24) is 24.5 Å². The van der Waals surface area contributed by atoms with E-state index >= 15 is 0 Å². The van der Waals surface area contributed by atoms with E-state index in [1.165, 1.54) is 12.1 Å². The van der Waals surface area contributed by atoms with Crippen molar-refractivity contribution < 1.29 is 4.39 Å². The molecule has 5 nitrogen and oxygen atoms in total. The van der Waals surface area contributed by atoms with Crippen LogP contribution in [0.15, 0.2) is 55.2 Å². The van der Waals surface area contributed by atoms with Gasteiger partial charge in [-0.3, -0.25) is 4.98 Å². The average Bonchev–Trinajstić information content (AvgIpc) is 3.24. The van der Waals surface area contributed by atoms with Crippen molar-refractivity contribution in [2.45, 2.75) is 19.9 Å². The summed E-state index contributed by atoms with van der Waals surface area (Å²) in [6.07, 6.45) is 7.98. The van der Waals surface area contributed by atoms with Crippen LogP contribution in [0.5, 0.6) is 0 Å². The molecule has 0 saturated carbocycles. The number of nitrogens with zero attached hydrogens (tertiary/aromatic N) is 4. The molecule has 3 aromatic heterocycles. The van der Waals surface area contributed by atoms with Crippen LogP contribution in [-0.2, 0) is 13.0 Å². The normalized spacial score (nSPS) is 12.6. The molecule has 6 heteroatoms. The number of benzene rings is 1. The zero-order valence-corrected chi connectivity index (χ0v) is 13.9. The van der Waals surface area contributed by atoms with Gasteiger partial charge in [0.05, 0.1) is 17.5 Å². The lowest BCUT2D eigenvalue weighted by atomic mass is 10.0. The van der Waals surface area contributed by atoms with Gasteiger partial charge in [-0.15, -0.1) is 0 Å². The highest BCUT2D eigenvalue weighted by atomic mass is 19.1. The lowest BCUT2D eigenvalue weighted by Gasteiger charge is -2.14. The number of nitrogens with one attached hydrogen (secondary N) is 1. The maximum Gasteiger partial charge on any atom is 0.139 e. The summed E-state index contributed by atoms with van der Waals surface area (Å²) in [6, 6.07) is 8.45. The van der Waals surface area contributed by atoms with Gasteiger partial charge < -0.3 is 9.55 Å². The quantitative estimate of drug-likeness (QED) is 0.603. The molecule has 0 radical (unpaired) electrons. The topological polar surface area (TPSA) is 59.4 Å². The van der Waals surface area contributed by atoms with Crippen molar-refractivity contribution in [3.63, 3.8) is 0 Å². The second-order valence-electron chi connectivity index (χ2n) is 6.28. The molecule has 0 amide bonds. The summed E-state index contributed by atoms with van der Waals surface area (Å²) in [5.74, 6) is 0.850. The molecule has 1 atom stereocenters. The Labute approximate surface area is 144 Å². The Morgan fingerprint density at radius 1 is 1.16 bits per heavy atom. The molecule has 25 heavy (non-hydrogen) atoms. The van der Waals surface area contributed by atoms with Crippen LogP contribution in [0, 0.1) is 11.7 Å². The molecule has 0 spiro atoms. The fourth-order valence-corrected chi connectivity index (χ4v) is 3.15. The molecule has 4 aromatic rings. The van der Waals surface area contributed by atoms with E-state index in [-0.39, 0.29) is 5.82 Å². The van der Waals surface area contributed by atoms with Crippen LogP contribution in [0.25, 0.3) is 22.4 Å². The van der Waals surface area contributed by atoms with Crippen LogP contribution in [-0.4, -0.2) is 24.5 Å². The Bertz CT molecular complexity index is 1000. The monoisotopic (exact) mass is 335 g/mol. The maximum atomic E-state index is 13.5. The van der Waals surface area contributed by atoms with Gasteiger partial charge in [0.25, 0.3) is 0 Å². The molecular formula is C19H18FN5. The number of hydrogen-bond acceptors (Lipinski definition) is 3. The van der Waals surface area contributed by atoms with Gasteiger partial charge in [0.1, 0.15) is 17.2 Å². The van der Waals surface area contributed by atoms with E-state index in [1.54, 1.807) is 24.8 Å². The summed E-state index contributed by atoms with van der Waals surface area (Å²) in [6.45, 7) is 2.94. The largest absolute Gasteiger partial charge is 0.344 e. The number of hydrogen-bond donors (Lipinski definition) is 1. The zero-order chi connectivity index (χ0) is 17.2. The number of aromatic amines is 1. The molecule has 0 aliphatic carbocycles. The highest BCUT2D eigenvalue weighted by molar-refractivity contribution is 5.76. The van der Waals surface area contributed by atoms with Gasteiger partial charge in [-0.05, 0) is 30.5 Å². The molecule has 0 aliphatic rings. The van der Waals surface area contributed by atoms with Gasteiger partial charge >= 0.3 is 0 Å². The van der Waals surface area contributed by atoms with Crippen molar-refractivity contribution >= 4 is 11.0 Å². The fraction of sp³-hybridized carbons (Fsp3) is 0.211. The van der Waals surface area contributed by atoms with E-state index in [0.717, 1.165) is 41.1 Å². The standard InChI is InChI=1S/C19H18FN5/c1-13(9-17-18-16(5-6-21-17)23-12-24-18)11-25-8-7-22-19(25)14-3-2-4-15(20)10-14/h2-8,10,12-13H,9,11H2,1H3,(H,23,24). The van der Waals surface area contributed by atoms with Crippen LogP contribution in [0.3, 0.4) is 0 Å². The van der Waals surface area contributed by atoms with Gasteiger partial charge in [-0.25, -0.2) is 14.4 Å². The van der Waals surface area contributed by atoms with Crippen LogP contribution in [0.1, 0.15) is 12.6 Å². The molecule has 0 aliphatic heterocycles. The number of imidazole rings is 2. The van der Waals surface area contributed by atoms with E-state index in [0.29, 0.717) is 5.92 Å². The summed E-state index contributed by atoms with van der Waals surface area (Å²) in [4.78, 5) is 16.4. The van der Waals surface area contributed by atoms with Crippen molar-refractivity contribution in [1.29, 1.82) is 0 Å². The number of fused-ring (bicyclic) bond motifs is 1. The molecule has 3 heterocycles. The van der Waals surface area contributed by atoms with Crippen molar-refractivity contribution in [3.8, 4) is 11.4 Å². The summed E-state index contributed by atoms with van der Waals surface area (Å²) >= 11 is 0. The highest BCUT2D eigenvalue weighted by Gasteiger charge is 2.13. The third-order valence-corrected chi connectivity index (χ3v) is 4.26. The van der Waals surface area contributed by atoms with Crippen LogP contribution in [0.4, 0.5) is 4.39 Å². The summed E-state index contributed by atoms with van der Waals surface area (Å²) in [7, 11) is 0. The molecule has 126 valence electrons. The van der Waals surface area contributed by atoms with E-state index in [2.05, 4.69) is 31.4 Å². The smallest absolute Gasteiger partial charge is 0.139 e. The van der Waals surface area contributed by atoms with E-state index in [9.17, 15) is 4.39 Å². The molecule has 1 unspecified atom stereocenters. The van der Waals surface area contributed by atoms with Gasteiger partial charge in [-0.1, -0.05) is 19.1 Å². The minimum Gasteiger partial charge on any atom is -0.344 e. The Balaban J connectivity index is 1.55. The van der Waals surface area contributed by atoms with Crippen LogP contribution in [0.2, 0.25) is 0 Å². The molecule has 0 saturated heterocycles. The third-order valence-electron chi connectivity index (χ3n) is 4.26. The minimum atomic E-state index is -0.255. The second-order valence-corrected chi connectivity index (χ2v) is 6.28. The number of H-pyrrole nitrogens is 1. The Kier molecular flexibility index (Phi) is 4.01. The first-order valence-corrected chi connectivity index (χ1v) is 8.25. The SMILES string of the molecule is CC(Cc1nccc2[nH]cnc12)Cn1ccnc1-c1cccc(F)c1.